The van der Waals surface area contributed by atoms with Gasteiger partial charge in [-0.2, -0.15) is 10.1 Å². The molecule has 2 aromatic rings. The molecule has 3 heterocycles. The predicted octanol–water partition coefficient (Wildman–Crippen LogP) is 0.836. The van der Waals surface area contributed by atoms with Gasteiger partial charge < -0.3 is 25.0 Å². The van der Waals surface area contributed by atoms with Gasteiger partial charge >= 0.3 is 13.4 Å². The Labute approximate surface area is 200 Å². The Kier molecular flexibility index (Phi) is 6.98. The van der Waals surface area contributed by atoms with Gasteiger partial charge in [0, 0.05) is 19.8 Å². The van der Waals surface area contributed by atoms with Gasteiger partial charge in [0.05, 0.1) is 12.6 Å². The number of hydrogen-bond donors (Lipinski definition) is 3. The van der Waals surface area contributed by atoms with Crippen LogP contribution in [0.4, 0.5) is 10.2 Å². The normalized spacial score (nSPS) is 30.4. The van der Waals surface area contributed by atoms with Gasteiger partial charge in [-0.1, -0.05) is 18.2 Å². The molecule has 4 N–H and O–H groups in total. The van der Waals surface area contributed by atoms with E-state index in [4.69, 9.17) is 19.5 Å². The number of carbonyl (C=O) groups is 1. The van der Waals surface area contributed by atoms with Crippen molar-refractivity contribution in [2.24, 2.45) is 0 Å². The number of nitrogens with one attached hydrogen (secondary N) is 1. The fourth-order valence-corrected chi connectivity index (χ4v) is 5.51. The highest BCUT2D eigenvalue weighted by atomic mass is 31.2. The summed E-state index contributed by atoms with van der Waals surface area (Å²) in [5.74, 6) is -0.126. The average molecular weight is 511 g/mol. The summed E-state index contributed by atoms with van der Waals surface area (Å²) in [6.45, 7) is 0.956. The second-order valence-corrected chi connectivity index (χ2v) is 10.3. The maximum absolute atomic E-state index is 15.5. The van der Waals surface area contributed by atoms with Crippen molar-refractivity contribution < 1.29 is 32.6 Å². The van der Waals surface area contributed by atoms with Crippen LogP contribution in [0.15, 0.2) is 47.4 Å². The first kappa shape index (κ1) is 25.3. The topological polar surface area (TPSA) is 158 Å². The van der Waals surface area contributed by atoms with E-state index in [-0.39, 0.29) is 17.5 Å². The first-order valence-electron chi connectivity index (χ1n) is 10.9. The average Bonchev–Trinajstić information content (AvgIpc) is 3.23. The number of hydrogen-bond acceptors (Lipinski definition) is 9. The Bertz CT molecular complexity index is 1180. The molecule has 1 aromatic heterocycles. The van der Waals surface area contributed by atoms with Gasteiger partial charge in [0.1, 0.15) is 23.8 Å². The third kappa shape index (κ3) is 5.24. The number of nitrogens with zero attached hydrogens (tertiary/aromatic N) is 3. The highest BCUT2D eigenvalue weighted by Gasteiger charge is 2.56. The number of nitrogens with two attached hydrogens (primary N) is 1. The third-order valence-corrected chi connectivity index (χ3v) is 7.51. The lowest BCUT2D eigenvalue weighted by atomic mass is 9.98. The Morgan fingerprint density at radius 1 is 1.34 bits per heavy atom. The van der Waals surface area contributed by atoms with Crippen molar-refractivity contribution in [3.8, 4) is 5.75 Å². The minimum Gasteiger partial charge on any atom is -0.413 e. The van der Waals surface area contributed by atoms with Crippen molar-refractivity contribution in [1.82, 2.24) is 19.5 Å². The van der Waals surface area contributed by atoms with Crippen LogP contribution in [-0.2, 0) is 18.6 Å². The number of aliphatic hydroxyl groups is 1. The molecule has 4 rings (SSSR count). The van der Waals surface area contributed by atoms with Crippen LogP contribution in [0.3, 0.4) is 0 Å². The van der Waals surface area contributed by atoms with E-state index in [1.165, 1.54) is 17.2 Å². The van der Waals surface area contributed by atoms with Crippen LogP contribution in [-0.4, -0.2) is 69.6 Å². The number of nitrogen functional groups attached to an aromatic ring is 1. The van der Waals surface area contributed by atoms with E-state index in [0.29, 0.717) is 13.0 Å². The van der Waals surface area contributed by atoms with Crippen LogP contribution < -0.4 is 21.0 Å². The zero-order valence-electron chi connectivity index (χ0n) is 19.1. The maximum atomic E-state index is 15.5. The molecule has 0 aliphatic carbocycles. The molecule has 2 aliphatic heterocycles. The number of amides is 1. The Morgan fingerprint density at radius 2 is 2.06 bits per heavy atom. The van der Waals surface area contributed by atoms with Crippen LogP contribution >= 0.6 is 7.75 Å². The third-order valence-electron chi connectivity index (χ3n) is 5.94. The number of alkyl halides is 1. The summed E-state index contributed by atoms with van der Waals surface area (Å²) >= 11 is 0. The fourth-order valence-electron chi connectivity index (χ4n) is 3.97. The molecule has 0 spiro atoms. The summed E-state index contributed by atoms with van der Waals surface area (Å²) in [4.78, 5) is 29.6. The summed E-state index contributed by atoms with van der Waals surface area (Å²) in [5.41, 5.74) is 2.20. The molecule has 1 amide bonds. The largest absolute Gasteiger partial charge is 0.459 e. The zero-order valence-corrected chi connectivity index (χ0v) is 20.0. The van der Waals surface area contributed by atoms with E-state index < -0.39 is 50.2 Å². The van der Waals surface area contributed by atoms with E-state index in [0.717, 1.165) is 11.5 Å². The van der Waals surface area contributed by atoms with E-state index in [9.17, 15) is 19.3 Å². The second-order valence-electron chi connectivity index (χ2n) is 8.59. The quantitative estimate of drug-likeness (QED) is 0.434. The van der Waals surface area contributed by atoms with E-state index >= 15 is 4.39 Å². The van der Waals surface area contributed by atoms with Crippen molar-refractivity contribution in [3.05, 3.63) is 53.1 Å². The fraction of sp³-hybridized carbons (Fsp3) is 0.476. The number of rotatable bonds is 8. The van der Waals surface area contributed by atoms with Gasteiger partial charge in [0.15, 0.2) is 11.9 Å². The van der Waals surface area contributed by atoms with E-state index in [1.54, 1.807) is 37.4 Å². The molecule has 35 heavy (non-hydrogen) atoms. The van der Waals surface area contributed by atoms with Crippen LogP contribution in [0.5, 0.6) is 5.75 Å². The summed E-state index contributed by atoms with van der Waals surface area (Å²) in [5, 5.41) is 13.2. The Balaban J connectivity index is 1.53. The molecule has 2 unspecified atom stereocenters. The van der Waals surface area contributed by atoms with E-state index in [2.05, 4.69) is 10.1 Å². The number of aromatic nitrogens is 2. The Morgan fingerprint density at radius 3 is 2.69 bits per heavy atom. The SMILES string of the molecule is CN1CCC(NP(=O)(OC[C@H]2O[C@@H](n3ccc(N)nc3=O)[C@](C)(F)[C@@H]2O)Oc2ccccc2)C1=O. The monoisotopic (exact) mass is 511 g/mol. The minimum atomic E-state index is -4.19. The van der Waals surface area contributed by atoms with E-state index in [1.807, 2.05) is 0 Å². The highest BCUT2D eigenvalue weighted by molar-refractivity contribution is 7.52. The number of likely N-dealkylation sites (N-methyl/N-ethyl adjacent to an activating group) is 1. The predicted molar refractivity (Wildman–Crippen MR) is 122 cm³/mol. The number of halogens is 1. The lowest BCUT2D eigenvalue weighted by molar-refractivity contribution is -0.128. The molecule has 0 saturated carbocycles. The molecule has 1 aromatic carbocycles. The number of benzene rings is 1. The van der Waals surface area contributed by atoms with Gasteiger partial charge in [-0.25, -0.2) is 13.8 Å². The first-order chi connectivity index (χ1) is 16.5. The summed E-state index contributed by atoms with van der Waals surface area (Å²) in [6.07, 6.45) is -3.03. The molecule has 14 heteroatoms. The van der Waals surface area contributed by atoms with Crippen LogP contribution in [0.2, 0.25) is 0 Å². The van der Waals surface area contributed by atoms with Crippen LogP contribution in [0.25, 0.3) is 0 Å². The van der Waals surface area contributed by atoms with Crippen molar-refractivity contribution in [2.45, 2.75) is 43.5 Å². The van der Waals surface area contributed by atoms with Gasteiger partial charge in [-0.05, 0) is 31.5 Å². The molecule has 6 atom stereocenters. The number of likely N-dealkylation sites (tertiary alicyclic amines) is 1. The van der Waals surface area contributed by atoms with Gasteiger partial charge in [-0.15, -0.1) is 0 Å². The summed E-state index contributed by atoms with van der Waals surface area (Å²) < 4.78 is 46.7. The van der Waals surface area contributed by atoms with Crippen LogP contribution in [0, 0.1) is 0 Å². The van der Waals surface area contributed by atoms with Gasteiger partial charge in [0.25, 0.3) is 0 Å². The molecule has 12 nitrogen and oxygen atoms in total. The van der Waals surface area contributed by atoms with Crippen molar-refractivity contribution >= 4 is 19.5 Å². The molecular weight excluding hydrogens is 484 g/mol. The van der Waals surface area contributed by atoms with Crippen molar-refractivity contribution in [2.75, 3.05) is 25.9 Å². The van der Waals surface area contributed by atoms with Crippen molar-refractivity contribution in [1.29, 1.82) is 0 Å². The lowest BCUT2D eigenvalue weighted by Crippen LogP contribution is -2.43. The highest BCUT2D eigenvalue weighted by Crippen LogP contribution is 2.48. The number of aliphatic hydroxyl groups excluding tert-OH is 1. The lowest BCUT2D eigenvalue weighted by Gasteiger charge is -2.25. The minimum absolute atomic E-state index is 0.0533. The van der Waals surface area contributed by atoms with Crippen LogP contribution in [0.1, 0.15) is 19.6 Å². The summed E-state index contributed by atoms with van der Waals surface area (Å²) in [7, 11) is -2.57. The number of anilines is 1. The van der Waals surface area contributed by atoms with Gasteiger partial charge in [0.2, 0.25) is 5.91 Å². The Hall–Kier alpha value is -2.83. The number of ether oxygens (including phenoxy) is 1. The van der Waals surface area contributed by atoms with Gasteiger partial charge in [-0.3, -0.25) is 13.9 Å². The molecule has 2 fully saturated rings. The molecule has 0 bridgehead atoms. The molecule has 0 radical (unpaired) electrons. The molecule has 2 saturated heterocycles. The summed E-state index contributed by atoms with van der Waals surface area (Å²) in [6, 6.07) is 8.64. The molecule has 190 valence electrons. The zero-order chi connectivity index (χ0) is 25.4. The maximum Gasteiger partial charge on any atom is 0.459 e. The number of para-hydroxylation sites is 1. The van der Waals surface area contributed by atoms with Crippen molar-refractivity contribution in [3.63, 3.8) is 0 Å². The second kappa shape index (κ2) is 9.67. The standard InChI is InChI=1S/C21H27FN5O7P/c1-21(22)17(28)15(33-19(21)27-11-9-16(23)24-20(27)30)12-32-35(31,34-13-6-4-3-5-7-13)25-14-8-10-26(2)18(14)29/h3-7,9,11,14-15,17,19,28H,8,10,12H2,1-2H3,(H,25,31)(H2,23,24,30)/t14?,15-,17-,19-,21-,35?/m1/s1. The smallest absolute Gasteiger partial charge is 0.413 e. The molecular formula is C21H27FN5O7P. The molecule has 2 aliphatic rings. The first-order valence-corrected chi connectivity index (χ1v) is 12.4. The number of carbonyl (C=O) groups excluding carboxylic acids is 1.